The first-order valence-corrected chi connectivity index (χ1v) is 11.2. The lowest BCUT2D eigenvalue weighted by molar-refractivity contribution is -0.137. The van der Waals surface area contributed by atoms with Gasteiger partial charge >= 0.3 is 6.18 Å². The molecule has 0 N–H and O–H groups in total. The molecule has 1 aliphatic rings. The average molecular weight is 463 g/mol. The minimum Gasteiger partial charge on any atom is -0.484 e. The number of anilines is 1. The maximum Gasteiger partial charge on any atom is 0.416 e. The number of carbonyl (C=O) groups is 2. The van der Waals surface area contributed by atoms with Crippen LogP contribution in [0, 0.1) is 0 Å². The zero-order valence-electron chi connectivity index (χ0n) is 18.7. The number of halogens is 3. The van der Waals surface area contributed by atoms with Gasteiger partial charge in [0.25, 0.3) is 5.91 Å². The van der Waals surface area contributed by atoms with Crippen molar-refractivity contribution >= 4 is 17.5 Å². The monoisotopic (exact) mass is 462 g/mol. The Balaban J connectivity index is 1.77. The largest absolute Gasteiger partial charge is 0.484 e. The van der Waals surface area contributed by atoms with E-state index < -0.39 is 11.7 Å². The normalized spacial score (nSPS) is 15.8. The lowest BCUT2D eigenvalue weighted by Crippen LogP contribution is -2.37. The van der Waals surface area contributed by atoms with Crippen LogP contribution in [0.5, 0.6) is 5.75 Å². The first-order valence-electron chi connectivity index (χ1n) is 11.2. The Morgan fingerprint density at radius 3 is 2.36 bits per heavy atom. The molecule has 8 heteroatoms. The van der Waals surface area contributed by atoms with E-state index in [0.29, 0.717) is 19.6 Å². The molecule has 0 aromatic heterocycles. The summed E-state index contributed by atoms with van der Waals surface area (Å²) in [5, 5.41) is 0. The van der Waals surface area contributed by atoms with Crippen LogP contribution in [0.1, 0.15) is 50.2 Å². The van der Waals surface area contributed by atoms with E-state index >= 15 is 0 Å². The number of alkyl halides is 3. The maximum atomic E-state index is 13.0. The molecular weight excluding hydrogens is 433 g/mol. The van der Waals surface area contributed by atoms with Gasteiger partial charge in [-0.2, -0.15) is 13.2 Å². The van der Waals surface area contributed by atoms with Crippen molar-refractivity contribution in [2.75, 3.05) is 24.6 Å². The van der Waals surface area contributed by atoms with Crippen molar-refractivity contribution in [2.45, 2.75) is 51.7 Å². The summed E-state index contributed by atoms with van der Waals surface area (Å²) in [6, 6.07) is 12.0. The van der Waals surface area contributed by atoms with Crippen LogP contribution in [0.25, 0.3) is 0 Å². The number of hydrogen-bond donors (Lipinski definition) is 0. The van der Waals surface area contributed by atoms with Crippen molar-refractivity contribution in [1.29, 1.82) is 0 Å². The molecule has 0 atom stereocenters. The minimum absolute atomic E-state index is 0.00400. The molecule has 2 aromatic carbocycles. The third-order valence-corrected chi connectivity index (χ3v) is 5.71. The highest BCUT2D eigenvalue weighted by molar-refractivity contribution is 5.92. The molecule has 33 heavy (non-hydrogen) atoms. The minimum atomic E-state index is -4.48. The fourth-order valence-corrected chi connectivity index (χ4v) is 3.95. The number of fused-ring (bicyclic) bond motifs is 1. The van der Waals surface area contributed by atoms with E-state index in [1.165, 1.54) is 19.1 Å². The molecule has 0 bridgehead atoms. The Hall–Kier alpha value is -3.03. The number of benzene rings is 2. The molecule has 0 unspecified atom stereocenters. The Labute approximate surface area is 192 Å². The van der Waals surface area contributed by atoms with E-state index in [0.717, 1.165) is 55.5 Å². The molecule has 178 valence electrons. The fourth-order valence-electron chi connectivity index (χ4n) is 3.95. The van der Waals surface area contributed by atoms with Crippen LogP contribution in [0.3, 0.4) is 0 Å². The molecule has 0 aliphatic carbocycles. The first kappa shape index (κ1) is 24.6. The summed E-state index contributed by atoms with van der Waals surface area (Å²) in [4.78, 5) is 28.7. The van der Waals surface area contributed by atoms with Crippen LogP contribution >= 0.6 is 0 Å². The number of para-hydroxylation sites is 1. The second-order valence-electron chi connectivity index (χ2n) is 8.20. The van der Waals surface area contributed by atoms with Crippen LogP contribution in [0.2, 0.25) is 0 Å². The van der Waals surface area contributed by atoms with Gasteiger partial charge in [-0.05, 0) is 42.7 Å². The lowest BCUT2D eigenvalue weighted by Gasteiger charge is -2.29. The van der Waals surface area contributed by atoms with Crippen molar-refractivity contribution in [3.8, 4) is 5.75 Å². The van der Waals surface area contributed by atoms with Gasteiger partial charge in [-0.15, -0.1) is 0 Å². The summed E-state index contributed by atoms with van der Waals surface area (Å²) in [6.45, 7) is 2.61. The number of ether oxygens (including phenoxy) is 1. The molecule has 0 saturated heterocycles. The quantitative estimate of drug-likeness (QED) is 0.611. The predicted molar refractivity (Wildman–Crippen MR) is 120 cm³/mol. The number of rotatable bonds is 3. The van der Waals surface area contributed by atoms with Crippen molar-refractivity contribution < 1.29 is 27.5 Å². The number of carbonyl (C=O) groups excluding carboxylic acids is 2. The van der Waals surface area contributed by atoms with Gasteiger partial charge in [-0.1, -0.05) is 43.5 Å². The second-order valence-corrected chi connectivity index (χ2v) is 8.20. The van der Waals surface area contributed by atoms with E-state index in [4.69, 9.17) is 4.74 Å². The molecule has 3 rings (SSSR count). The molecule has 1 aliphatic heterocycles. The Bertz CT molecular complexity index is 962. The summed E-state index contributed by atoms with van der Waals surface area (Å²) >= 11 is 0. The Morgan fingerprint density at radius 1 is 0.939 bits per heavy atom. The summed E-state index contributed by atoms with van der Waals surface area (Å²) in [6.07, 6.45) is 0.233. The van der Waals surface area contributed by atoms with E-state index in [1.807, 2.05) is 24.3 Å². The van der Waals surface area contributed by atoms with Crippen LogP contribution < -0.4 is 9.64 Å². The third kappa shape index (κ3) is 6.97. The molecule has 2 amide bonds. The average Bonchev–Trinajstić information content (AvgIpc) is 2.77. The lowest BCUT2D eigenvalue weighted by atomic mass is 10.1. The SMILES string of the molecule is CC(=O)N1CCCCCCCN(C(=O)COc2cccc(C(F)(F)F)c2)Cc2ccccc21. The molecule has 0 fully saturated rings. The summed E-state index contributed by atoms with van der Waals surface area (Å²) in [7, 11) is 0. The topological polar surface area (TPSA) is 49.9 Å². The van der Waals surface area contributed by atoms with Crippen LogP contribution in [0.4, 0.5) is 18.9 Å². The summed E-state index contributed by atoms with van der Waals surface area (Å²) < 4.78 is 44.3. The Kier molecular flexibility index (Phi) is 8.36. The Morgan fingerprint density at radius 2 is 1.64 bits per heavy atom. The zero-order chi connectivity index (χ0) is 23.8. The van der Waals surface area contributed by atoms with Gasteiger partial charge in [0, 0.05) is 32.2 Å². The first-order chi connectivity index (χ1) is 15.8. The van der Waals surface area contributed by atoms with Crippen LogP contribution in [-0.2, 0) is 22.3 Å². The molecule has 1 heterocycles. The molecule has 5 nitrogen and oxygen atoms in total. The smallest absolute Gasteiger partial charge is 0.416 e. The number of hydrogen-bond acceptors (Lipinski definition) is 3. The van der Waals surface area contributed by atoms with Crippen molar-refractivity contribution in [1.82, 2.24) is 4.90 Å². The van der Waals surface area contributed by atoms with Gasteiger partial charge in [-0.25, -0.2) is 0 Å². The molecule has 0 spiro atoms. The number of amides is 2. The van der Waals surface area contributed by atoms with Gasteiger partial charge in [-0.3, -0.25) is 9.59 Å². The van der Waals surface area contributed by atoms with Gasteiger partial charge in [0.1, 0.15) is 5.75 Å². The van der Waals surface area contributed by atoms with Gasteiger partial charge in [0.2, 0.25) is 5.91 Å². The maximum absolute atomic E-state index is 13.0. The van der Waals surface area contributed by atoms with Crippen LogP contribution in [-0.4, -0.2) is 36.4 Å². The second kappa shape index (κ2) is 11.2. The summed E-state index contributed by atoms with van der Waals surface area (Å²) in [5.41, 5.74) is 0.805. The van der Waals surface area contributed by atoms with E-state index in [9.17, 15) is 22.8 Å². The highest BCUT2D eigenvalue weighted by Crippen LogP contribution is 2.31. The van der Waals surface area contributed by atoms with E-state index in [2.05, 4.69) is 0 Å². The predicted octanol–water partition coefficient (Wildman–Crippen LogP) is 5.43. The molecule has 0 saturated carbocycles. The summed E-state index contributed by atoms with van der Waals surface area (Å²) in [5.74, 6) is -0.366. The van der Waals surface area contributed by atoms with Crippen molar-refractivity contribution in [3.05, 3.63) is 59.7 Å². The molecule has 0 radical (unpaired) electrons. The molecule has 2 aromatic rings. The van der Waals surface area contributed by atoms with Gasteiger partial charge in [0.15, 0.2) is 6.61 Å². The zero-order valence-corrected chi connectivity index (χ0v) is 18.7. The van der Waals surface area contributed by atoms with Crippen molar-refractivity contribution in [3.63, 3.8) is 0 Å². The highest BCUT2D eigenvalue weighted by atomic mass is 19.4. The molecular formula is C25H29F3N2O3. The highest BCUT2D eigenvalue weighted by Gasteiger charge is 2.30. The van der Waals surface area contributed by atoms with Gasteiger partial charge in [0.05, 0.1) is 5.56 Å². The van der Waals surface area contributed by atoms with E-state index in [1.54, 1.807) is 9.80 Å². The van der Waals surface area contributed by atoms with E-state index in [-0.39, 0.29) is 24.2 Å². The van der Waals surface area contributed by atoms with Gasteiger partial charge < -0.3 is 14.5 Å². The number of nitrogens with zero attached hydrogens (tertiary/aromatic N) is 2. The fraction of sp³-hybridized carbons (Fsp3) is 0.440. The standard InChI is InChI=1S/C25H29F3N2O3/c1-19(31)30-15-8-4-2-3-7-14-29(17-20-10-5-6-13-23(20)30)24(32)18-33-22-12-9-11-21(16-22)25(26,27)28/h5-6,9-13,16H,2-4,7-8,14-15,17-18H2,1H3. The van der Waals surface area contributed by atoms with Crippen LogP contribution in [0.15, 0.2) is 48.5 Å². The third-order valence-electron chi connectivity index (χ3n) is 5.71. The van der Waals surface area contributed by atoms with Crippen molar-refractivity contribution in [2.24, 2.45) is 0 Å².